The predicted octanol–water partition coefficient (Wildman–Crippen LogP) is 3.68. The molecule has 0 saturated heterocycles. The third-order valence-electron chi connectivity index (χ3n) is 4.14. The zero-order valence-corrected chi connectivity index (χ0v) is 16.6. The first-order valence-corrected chi connectivity index (χ1v) is 10.5. The fourth-order valence-electron chi connectivity index (χ4n) is 2.72. The van der Waals surface area contributed by atoms with Crippen LogP contribution in [0.5, 0.6) is 0 Å². The van der Waals surface area contributed by atoms with Crippen LogP contribution in [0, 0.1) is 6.92 Å². The largest absolute Gasteiger partial charge is 0.348 e. The highest BCUT2D eigenvalue weighted by molar-refractivity contribution is 7.92. The SMILES string of the molecule is CC[C@@H](NC(=O)CN(c1cccc(Cl)c1C)S(C)(=O)=O)c1ccccc1. The molecule has 1 N–H and O–H groups in total. The molecule has 7 heteroatoms. The number of halogens is 1. The standard InChI is InChI=1S/C19H23ClN2O3S/c1-4-17(15-9-6-5-7-10-15)21-19(23)13-22(26(3,24)25)18-12-8-11-16(20)14(18)2/h5-12,17H,4,13H2,1-3H3,(H,21,23)/t17-/m1/s1. The zero-order chi connectivity index (χ0) is 19.3. The van der Waals surface area contributed by atoms with Gasteiger partial charge in [0, 0.05) is 5.02 Å². The van der Waals surface area contributed by atoms with Gasteiger partial charge in [-0.15, -0.1) is 0 Å². The van der Waals surface area contributed by atoms with Crippen LogP contribution >= 0.6 is 11.6 Å². The third kappa shape index (κ3) is 4.99. The van der Waals surface area contributed by atoms with Crippen molar-refractivity contribution in [3.63, 3.8) is 0 Å². The molecule has 0 spiro atoms. The molecule has 5 nitrogen and oxygen atoms in total. The molecule has 1 atom stereocenters. The summed E-state index contributed by atoms with van der Waals surface area (Å²) < 4.78 is 25.6. The highest BCUT2D eigenvalue weighted by Crippen LogP contribution is 2.28. The first-order chi connectivity index (χ1) is 12.2. The van der Waals surface area contributed by atoms with Crippen LogP contribution in [0.4, 0.5) is 5.69 Å². The predicted molar refractivity (Wildman–Crippen MR) is 106 cm³/mol. The molecular weight excluding hydrogens is 372 g/mol. The van der Waals surface area contributed by atoms with Crippen LogP contribution in [0.2, 0.25) is 5.02 Å². The van der Waals surface area contributed by atoms with Crippen molar-refractivity contribution in [1.29, 1.82) is 0 Å². The Balaban J connectivity index is 2.24. The third-order valence-corrected chi connectivity index (χ3v) is 5.68. The summed E-state index contributed by atoms with van der Waals surface area (Å²) in [7, 11) is -3.65. The fraction of sp³-hybridized carbons (Fsp3) is 0.316. The van der Waals surface area contributed by atoms with Crippen molar-refractivity contribution in [1.82, 2.24) is 5.32 Å². The Labute approximate surface area is 160 Å². The summed E-state index contributed by atoms with van der Waals surface area (Å²) in [6.45, 7) is 3.39. The summed E-state index contributed by atoms with van der Waals surface area (Å²) in [4.78, 5) is 12.6. The van der Waals surface area contributed by atoms with Crippen molar-refractivity contribution in [2.75, 3.05) is 17.1 Å². The molecule has 2 rings (SSSR count). The molecule has 0 bridgehead atoms. The van der Waals surface area contributed by atoms with Crippen LogP contribution in [0.15, 0.2) is 48.5 Å². The van der Waals surface area contributed by atoms with Crippen molar-refractivity contribution < 1.29 is 13.2 Å². The molecule has 0 aromatic heterocycles. The van der Waals surface area contributed by atoms with Gasteiger partial charge in [-0.1, -0.05) is 54.9 Å². The maximum atomic E-state index is 12.6. The van der Waals surface area contributed by atoms with Gasteiger partial charge in [-0.2, -0.15) is 0 Å². The van der Waals surface area contributed by atoms with E-state index in [4.69, 9.17) is 11.6 Å². The number of sulfonamides is 1. The number of hydrogen-bond donors (Lipinski definition) is 1. The van der Waals surface area contributed by atoms with Gasteiger partial charge in [0.25, 0.3) is 0 Å². The van der Waals surface area contributed by atoms with Gasteiger partial charge in [0.15, 0.2) is 0 Å². The van der Waals surface area contributed by atoms with Gasteiger partial charge in [-0.05, 0) is 36.6 Å². The van der Waals surface area contributed by atoms with Crippen LogP contribution in [-0.4, -0.2) is 27.1 Å². The molecule has 0 aliphatic rings. The lowest BCUT2D eigenvalue weighted by Crippen LogP contribution is -2.41. The summed E-state index contributed by atoms with van der Waals surface area (Å²) in [5, 5.41) is 3.36. The number of carbonyl (C=O) groups excluding carboxylic acids is 1. The van der Waals surface area contributed by atoms with E-state index < -0.39 is 10.0 Å². The van der Waals surface area contributed by atoms with Crippen molar-refractivity contribution >= 4 is 33.2 Å². The fourth-order valence-corrected chi connectivity index (χ4v) is 3.80. The van der Waals surface area contributed by atoms with Crippen LogP contribution < -0.4 is 9.62 Å². The van der Waals surface area contributed by atoms with Crippen molar-refractivity contribution in [3.8, 4) is 0 Å². The summed E-state index contributed by atoms with van der Waals surface area (Å²) in [5.41, 5.74) is 2.00. The van der Waals surface area contributed by atoms with Crippen molar-refractivity contribution in [2.24, 2.45) is 0 Å². The van der Waals surface area contributed by atoms with Crippen LogP contribution in [0.25, 0.3) is 0 Å². The molecular formula is C19H23ClN2O3S. The van der Waals surface area contributed by atoms with Crippen molar-refractivity contribution in [2.45, 2.75) is 26.3 Å². The number of anilines is 1. The minimum Gasteiger partial charge on any atom is -0.348 e. The molecule has 0 saturated carbocycles. The molecule has 140 valence electrons. The first-order valence-electron chi connectivity index (χ1n) is 8.31. The van der Waals surface area contributed by atoms with E-state index in [0.29, 0.717) is 22.7 Å². The van der Waals surface area contributed by atoms with Gasteiger partial charge in [0.1, 0.15) is 6.54 Å². The number of nitrogens with one attached hydrogen (secondary N) is 1. The normalized spacial score (nSPS) is 12.5. The molecule has 2 aromatic rings. The van der Waals surface area contributed by atoms with E-state index in [-0.39, 0.29) is 18.5 Å². The van der Waals surface area contributed by atoms with Crippen LogP contribution in [0.1, 0.15) is 30.5 Å². The molecule has 2 aromatic carbocycles. The number of nitrogens with zero attached hydrogens (tertiary/aromatic N) is 1. The first kappa shape index (κ1) is 20.3. The summed E-state index contributed by atoms with van der Waals surface area (Å²) in [5.74, 6) is -0.370. The Morgan fingerprint density at radius 1 is 1.15 bits per heavy atom. The molecule has 1 amide bonds. The van der Waals surface area contributed by atoms with Gasteiger partial charge in [-0.3, -0.25) is 9.10 Å². The Bertz CT molecular complexity index is 870. The lowest BCUT2D eigenvalue weighted by Gasteiger charge is -2.25. The average molecular weight is 395 g/mol. The van der Waals surface area contributed by atoms with Gasteiger partial charge < -0.3 is 5.32 Å². The smallest absolute Gasteiger partial charge is 0.241 e. The number of amides is 1. The lowest BCUT2D eigenvalue weighted by atomic mass is 10.0. The Hall–Kier alpha value is -2.05. The van der Waals surface area contributed by atoms with E-state index >= 15 is 0 Å². The van der Waals surface area contributed by atoms with Gasteiger partial charge in [-0.25, -0.2) is 8.42 Å². The van der Waals surface area contributed by atoms with Crippen molar-refractivity contribution in [3.05, 3.63) is 64.7 Å². The summed E-state index contributed by atoms with van der Waals surface area (Å²) in [6, 6.07) is 14.4. The van der Waals surface area contributed by atoms with E-state index in [0.717, 1.165) is 16.1 Å². The summed E-state index contributed by atoms with van der Waals surface area (Å²) >= 11 is 6.11. The quantitative estimate of drug-likeness (QED) is 0.778. The highest BCUT2D eigenvalue weighted by atomic mass is 35.5. The van der Waals surface area contributed by atoms with E-state index in [1.807, 2.05) is 37.3 Å². The van der Waals surface area contributed by atoms with E-state index in [1.54, 1.807) is 25.1 Å². The Morgan fingerprint density at radius 2 is 1.81 bits per heavy atom. The van der Waals surface area contributed by atoms with Gasteiger partial charge in [0.05, 0.1) is 18.0 Å². The number of benzene rings is 2. The average Bonchev–Trinajstić information content (AvgIpc) is 2.60. The molecule has 0 fully saturated rings. The number of carbonyl (C=O) groups is 1. The zero-order valence-electron chi connectivity index (χ0n) is 15.1. The minimum atomic E-state index is -3.65. The second-order valence-corrected chi connectivity index (χ2v) is 8.41. The molecule has 0 aliphatic carbocycles. The van der Waals surface area contributed by atoms with Gasteiger partial charge in [0.2, 0.25) is 15.9 Å². The van der Waals surface area contributed by atoms with E-state index in [9.17, 15) is 13.2 Å². The second-order valence-electron chi connectivity index (χ2n) is 6.09. The minimum absolute atomic E-state index is 0.175. The maximum Gasteiger partial charge on any atom is 0.241 e. The van der Waals surface area contributed by atoms with E-state index in [2.05, 4.69) is 5.32 Å². The lowest BCUT2D eigenvalue weighted by molar-refractivity contribution is -0.120. The molecule has 0 heterocycles. The molecule has 0 unspecified atom stereocenters. The molecule has 0 aliphatic heterocycles. The Morgan fingerprint density at radius 3 is 2.38 bits per heavy atom. The second kappa shape index (κ2) is 8.56. The maximum absolute atomic E-state index is 12.6. The van der Waals surface area contributed by atoms with Crippen LogP contribution in [0.3, 0.4) is 0 Å². The number of hydrogen-bond acceptors (Lipinski definition) is 3. The highest BCUT2D eigenvalue weighted by Gasteiger charge is 2.24. The molecule has 26 heavy (non-hydrogen) atoms. The molecule has 0 radical (unpaired) electrons. The van der Waals surface area contributed by atoms with E-state index in [1.165, 1.54) is 0 Å². The topological polar surface area (TPSA) is 66.5 Å². The number of rotatable bonds is 7. The monoisotopic (exact) mass is 394 g/mol. The Kier molecular flexibility index (Phi) is 6.67. The van der Waals surface area contributed by atoms with Crippen LogP contribution in [-0.2, 0) is 14.8 Å². The van der Waals surface area contributed by atoms with Gasteiger partial charge >= 0.3 is 0 Å². The summed E-state index contributed by atoms with van der Waals surface area (Å²) in [6.07, 6.45) is 1.78.